The summed E-state index contributed by atoms with van der Waals surface area (Å²) in [4.78, 5) is 26.5. The zero-order valence-electron chi connectivity index (χ0n) is 13.2. The fraction of sp³-hybridized carbons (Fsp3) is 0.556. The van der Waals surface area contributed by atoms with E-state index in [0.29, 0.717) is 12.8 Å². The molecule has 1 aromatic rings. The van der Waals surface area contributed by atoms with E-state index in [1.54, 1.807) is 17.0 Å². The van der Waals surface area contributed by atoms with Gasteiger partial charge in [0, 0.05) is 13.1 Å². The second-order valence-electron chi connectivity index (χ2n) is 6.46. The largest absolute Gasteiger partial charge is 0.455 e. The summed E-state index contributed by atoms with van der Waals surface area (Å²) in [6.45, 7) is 1.31. The van der Waals surface area contributed by atoms with Crippen molar-refractivity contribution < 1.29 is 18.7 Å². The third-order valence-corrected chi connectivity index (χ3v) is 5.03. The van der Waals surface area contributed by atoms with Gasteiger partial charge in [-0.3, -0.25) is 9.59 Å². The Hall–Kier alpha value is -1.91. The van der Waals surface area contributed by atoms with Gasteiger partial charge in [-0.2, -0.15) is 0 Å². The summed E-state index contributed by atoms with van der Waals surface area (Å²) in [6, 6.07) is 6.06. The number of likely N-dealkylation sites (tertiary alicyclic amines) is 1. The van der Waals surface area contributed by atoms with Gasteiger partial charge in [-0.15, -0.1) is 0 Å². The second-order valence-corrected chi connectivity index (χ2v) is 6.46. The minimum Gasteiger partial charge on any atom is -0.455 e. The maximum absolute atomic E-state index is 13.2. The van der Waals surface area contributed by atoms with Crippen molar-refractivity contribution in [2.75, 3.05) is 19.7 Å². The van der Waals surface area contributed by atoms with Crippen LogP contribution in [-0.2, 0) is 19.7 Å². The molecule has 4 nitrogen and oxygen atoms in total. The van der Waals surface area contributed by atoms with Crippen molar-refractivity contribution in [3.63, 3.8) is 0 Å². The van der Waals surface area contributed by atoms with Crippen molar-refractivity contribution in [1.82, 2.24) is 4.90 Å². The quantitative estimate of drug-likeness (QED) is 0.802. The first-order chi connectivity index (χ1) is 11.1. The second kappa shape index (κ2) is 6.69. The monoisotopic (exact) mass is 319 g/mol. The first-order valence-electron chi connectivity index (χ1n) is 8.33. The molecular weight excluding hydrogens is 297 g/mol. The Kier molecular flexibility index (Phi) is 4.64. The summed E-state index contributed by atoms with van der Waals surface area (Å²) in [5.74, 6) is -0.795. The van der Waals surface area contributed by atoms with Gasteiger partial charge < -0.3 is 9.64 Å². The Labute approximate surface area is 135 Å². The van der Waals surface area contributed by atoms with Crippen LogP contribution in [0.1, 0.15) is 44.1 Å². The van der Waals surface area contributed by atoms with E-state index in [4.69, 9.17) is 4.74 Å². The summed E-state index contributed by atoms with van der Waals surface area (Å²) >= 11 is 0. The molecule has 0 bridgehead atoms. The highest BCUT2D eigenvalue weighted by Crippen LogP contribution is 2.42. The smallest absolute Gasteiger partial charge is 0.317 e. The lowest BCUT2D eigenvalue weighted by Gasteiger charge is -2.27. The fourth-order valence-electron chi connectivity index (χ4n) is 3.68. The fourth-order valence-corrected chi connectivity index (χ4v) is 3.68. The van der Waals surface area contributed by atoms with Crippen LogP contribution < -0.4 is 0 Å². The van der Waals surface area contributed by atoms with Crippen molar-refractivity contribution in [3.8, 4) is 0 Å². The van der Waals surface area contributed by atoms with Gasteiger partial charge in [0.05, 0.1) is 5.41 Å². The molecule has 0 unspecified atom stereocenters. The third-order valence-electron chi connectivity index (χ3n) is 5.03. The standard InChI is InChI=1S/C18H22FNO3/c19-15-7-5-14(6-8-15)18(9-1-2-10-18)17(22)23-13-16(21)20-11-3-4-12-20/h5-8H,1-4,9-13H2. The van der Waals surface area contributed by atoms with Crippen LogP contribution in [0.3, 0.4) is 0 Å². The molecule has 0 spiro atoms. The molecule has 23 heavy (non-hydrogen) atoms. The topological polar surface area (TPSA) is 46.6 Å². The molecule has 1 aliphatic heterocycles. The molecule has 5 heteroatoms. The highest BCUT2D eigenvalue weighted by Gasteiger charge is 2.44. The van der Waals surface area contributed by atoms with Crippen molar-refractivity contribution in [2.45, 2.75) is 43.9 Å². The van der Waals surface area contributed by atoms with Gasteiger partial charge in [0.2, 0.25) is 0 Å². The number of carbonyl (C=O) groups is 2. The van der Waals surface area contributed by atoms with Crippen molar-refractivity contribution in [1.29, 1.82) is 0 Å². The van der Waals surface area contributed by atoms with Crippen molar-refractivity contribution in [2.24, 2.45) is 0 Å². The van der Waals surface area contributed by atoms with Crippen LogP contribution >= 0.6 is 0 Å². The van der Waals surface area contributed by atoms with Gasteiger partial charge in [0.15, 0.2) is 6.61 Å². The Morgan fingerprint density at radius 2 is 1.65 bits per heavy atom. The minimum atomic E-state index is -0.723. The van der Waals surface area contributed by atoms with Gasteiger partial charge in [-0.05, 0) is 43.4 Å². The molecule has 1 aliphatic carbocycles. The molecule has 0 aromatic heterocycles. The van der Waals surface area contributed by atoms with Crippen LogP contribution in [0.2, 0.25) is 0 Å². The number of carbonyl (C=O) groups excluding carboxylic acids is 2. The highest BCUT2D eigenvalue weighted by atomic mass is 19.1. The number of hydrogen-bond donors (Lipinski definition) is 0. The van der Waals surface area contributed by atoms with E-state index >= 15 is 0 Å². The van der Waals surface area contributed by atoms with Crippen LogP contribution in [-0.4, -0.2) is 36.5 Å². The Bertz CT molecular complexity index is 572. The molecule has 2 fully saturated rings. The van der Waals surface area contributed by atoms with Gasteiger partial charge in [-0.1, -0.05) is 25.0 Å². The molecule has 1 amide bonds. The van der Waals surface area contributed by atoms with Gasteiger partial charge >= 0.3 is 5.97 Å². The number of ether oxygens (including phenoxy) is 1. The Morgan fingerprint density at radius 1 is 1.04 bits per heavy atom. The van der Waals surface area contributed by atoms with Crippen LogP contribution in [0.15, 0.2) is 24.3 Å². The molecule has 124 valence electrons. The average molecular weight is 319 g/mol. The number of amides is 1. The van der Waals surface area contributed by atoms with E-state index in [2.05, 4.69) is 0 Å². The average Bonchev–Trinajstić information content (AvgIpc) is 3.25. The van der Waals surface area contributed by atoms with E-state index in [0.717, 1.165) is 44.3 Å². The molecule has 0 atom stereocenters. The van der Waals surface area contributed by atoms with E-state index < -0.39 is 5.41 Å². The number of halogens is 1. The Morgan fingerprint density at radius 3 is 2.26 bits per heavy atom. The zero-order valence-corrected chi connectivity index (χ0v) is 13.2. The van der Waals surface area contributed by atoms with Crippen LogP contribution in [0.25, 0.3) is 0 Å². The van der Waals surface area contributed by atoms with E-state index in [1.807, 2.05) is 0 Å². The molecule has 1 saturated carbocycles. The first-order valence-corrected chi connectivity index (χ1v) is 8.33. The van der Waals surface area contributed by atoms with Crippen LogP contribution in [0.4, 0.5) is 4.39 Å². The van der Waals surface area contributed by atoms with Crippen molar-refractivity contribution in [3.05, 3.63) is 35.6 Å². The molecular formula is C18H22FNO3. The maximum atomic E-state index is 13.2. The van der Waals surface area contributed by atoms with Gasteiger partial charge in [0.25, 0.3) is 5.91 Å². The molecule has 0 radical (unpaired) electrons. The normalized spacial score (nSPS) is 19.8. The van der Waals surface area contributed by atoms with Gasteiger partial charge in [-0.25, -0.2) is 4.39 Å². The lowest BCUT2D eigenvalue weighted by atomic mass is 9.79. The lowest BCUT2D eigenvalue weighted by molar-refractivity contribution is -0.156. The number of hydrogen-bond acceptors (Lipinski definition) is 3. The number of benzene rings is 1. The summed E-state index contributed by atoms with van der Waals surface area (Å²) in [7, 11) is 0. The molecule has 2 aliphatic rings. The molecule has 1 saturated heterocycles. The maximum Gasteiger partial charge on any atom is 0.317 e. The zero-order chi connectivity index (χ0) is 16.3. The SMILES string of the molecule is O=C(COC(=O)C1(c2ccc(F)cc2)CCCC1)N1CCCC1. The van der Waals surface area contributed by atoms with E-state index in [1.165, 1.54) is 12.1 Å². The lowest BCUT2D eigenvalue weighted by Crippen LogP contribution is -2.38. The summed E-state index contributed by atoms with van der Waals surface area (Å²) in [5.41, 5.74) is 0.0638. The third kappa shape index (κ3) is 3.23. The number of esters is 1. The predicted molar refractivity (Wildman–Crippen MR) is 83.3 cm³/mol. The Balaban J connectivity index is 1.69. The first kappa shape index (κ1) is 16.0. The van der Waals surface area contributed by atoms with E-state index in [-0.39, 0.29) is 24.3 Å². The summed E-state index contributed by atoms with van der Waals surface area (Å²) in [6.07, 6.45) is 5.28. The number of nitrogens with zero attached hydrogens (tertiary/aromatic N) is 1. The van der Waals surface area contributed by atoms with Crippen molar-refractivity contribution >= 4 is 11.9 Å². The minimum absolute atomic E-state index is 0.122. The van der Waals surface area contributed by atoms with E-state index in [9.17, 15) is 14.0 Å². The van der Waals surface area contributed by atoms with Crippen LogP contribution in [0, 0.1) is 5.82 Å². The predicted octanol–water partition coefficient (Wildman–Crippen LogP) is 2.80. The highest BCUT2D eigenvalue weighted by molar-refractivity contribution is 5.86. The molecule has 3 rings (SSSR count). The molecule has 0 N–H and O–H groups in total. The summed E-state index contributed by atoms with van der Waals surface area (Å²) in [5, 5.41) is 0. The molecule has 1 aromatic carbocycles. The summed E-state index contributed by atoms with van der Waals surface area (Å²) < 4.78 is 18.5. The number of rotatable bonds is 4. The molecule has 1 heterocycles. The van der Waals surface area contributed by atoms with Crippen LogP contribution in [0.5, 0.6) is 0 Å². The van der Waals surface area contributed by atoms with Gasteiger partial charge in [0.1, 0.15) is 5.82 Å².